The van der Waals surface area contributed by atoms with Crippen LogP contribution >= 0.6 is 0 Å². The fraction of sp³-hybridized carbons (Fsp3) is 0.483. The number of nitrogens with zero attached hydrogens (tertiary/aromatic N) is 5. The molecule has 0 bridgehead atoms. The SMILES string of the molecule is CCc1cc2ncc(CN3CCN(c4ccc(C(=O)NC5CC6(C5)CN(C(=O)C(F)(F)F)C6)nc4)CC3)cc2[nH]c1=O. The number of H-pyrrole nitrogens is 1. The Labute approximate surface area is 239 Å². The Hall–Kier alpha value is -4.00. The summed E-state index contributed by atoms with van der Waals surface area (Å²) in [6.45, 7) is 6.09. The van der Waals surface area contributed by atoms with E-state index in [0.717, 1.165) is 65.5 Å². The molecule has 3 aliphatic rings. The minimum Gasteiger partial charge on any atom is -0.368 e. The fourth-order valence-corrected chi connectivity index (χ4v) is 6.34. The van der Waals surface area contributed by atoms with Crippen LogP contribution in [0.1, 0.15) is 41.4 Å². The molecule has 1 saturated carbocycles. The molecule has 2 aliphatic heterocycles. The highest BCUT2D eigenvalue weighted by molar-refractivity contribution is 5.92. The minimum absolute atomic E-state index is 0.0714. The topological polar surface area (TPSA) is 115 Å². The largest absolute Gasteiger partial charge is 0.471 e. The van der Waals surface area contributed by atoms with Gasteiger partial charge in [-0.05, 0) is 49.1 Å². The molecule has 3 aromatic heterocycles. The molecule has 13 heteroatoms. The number of nitrogens with one attached hydrogen (secondary N) is 2. The lowest BCUT2D eigenvalue weighted by Gasteiger charge is -2.58. The summed E-state index contributed by atoms with van der Waals surface area (Å²) in [5.41, 5.74) is 4.11. The van der Waals surface area contributed by atoms with E-state index in [9.17, 15) is 27.6 Å². The van der Waals surface area contributed by atoms with Crippen molar-refractivity contribution in [3.8, 4) is 0 Å². The highest BCUT2D eigenvalue weighted by Gasteiger charge is 2.57. The van der Waals surface area contributed by atoms with Crippen LogP contribution < -0.4 is 15.8 Å². The van der Waals surface area contributed by atoms with Crippen molar-refractivity contribution in [3.05, 3.63) is 63.8 Å². The first-order valence-corrected chi connectivity index (χ1v) is 14.1. The number of pyridine rings is 3. The van der Waals surface area contributed by atoms with Crippen LogP contribution in [0.2, 0.25) is 0 Å². The Morgan fingerprint density at radius 3 is 2.45 bits per heavy atom. The predicted molar refractivity (Wildman–Crippen MR) is 149 cm³/mol. The highest BCUT2D eigenvalue weighted by atomic mass is 19.4. The van der Waals surface area contributed by atoms with Crippen molar-refractivity contribution in [2.75, 3.05) is 44.2 Å². The van der Waals surface area contributed by atoms with Gasteiger partial charge in [-0.3, -0.25) is 24.3 Å². The monoisotopic (exact) mass is 583 g/mol. The third kappa shape index (κ3) is 5.57. The van der Waals surface area contributed by atoms with Gasteiger partial charge in [0.2, 0.25) is 0 Å². The summed E-state index contributed by atoms with van der Waals surface area (Å²) < 4.78 is 37.7. The van der Waals surface area contributed by atoms with Crippen LogP contribution in [0.25, 0.3) is 11.0 Å². The van der Waals surface area contributed by atoms with E-state index in [4.69, 9.17) is 0 Å². The third-order valence-corrected chi connectivity index (χ3v) is 8.61. The number of anilines is 1. The molecule has 0 unspecified atom stereocenters. The number of aryl methyl sites for hydroxylation is 1. The maximum atomic E-state index is 12.7. The van der Waals surface area contributed by atoms with Crippen LogP contribution in [0.3, 0.4) is 0 Å². The molecule has 222 valence electrons. The van der Waals surface area contributed by atoms with Gasteiger partial charge in [0.1, 0.15) is 5.69 Å². The standard InChI is InChI=1S/C29H32F3N7O3/c1-2-19-10-23-24(36-25(19)40)9-18(13-33-23)15-37-5-7-38(8-6-37)21-3-4-22(34-14-21)26(41)35-20-11-28(12-20)16-39(17-28)27(42)29(30,31)32/h3-4,9-10,13-14,20H,2,5-8,11-12,15-17H2,1H3,(H,35,41)(H,36,40). The molecule has 3 aromatic rings. The Balaban J connectivity index is 0.960. The molecule has 1 spiro atoms. The predicted octanol–water partition coefficient (Wildman–Crippen LogP) is 2.49. The molecule has 2 N–H and O–H groups in total. The van der Waals surface area contributed by atoms with Crippen molar-refractivity contribution >= 4 is 28.5 Å². The Morgan fingerprint density at radius 1 is 1.07 bits per heavy atom. The van der Waals surface area contributed by atoms with Crippen LogP contribution in [-0.4, -0.2) is 88.1 Å². The average Bonchev–Trinajstić information content (AvgIpc) is 2.92. The molecule has 0 radical (unpaired) electrons. The first-order chi connectivity index (χ1) is 20.0. The van der Waals surface area contributed by atoms with Gasteiger partial charge in [0.15, 0.2) is 0 Å². The number of alkyl halides is 3. The number of halogens is 3. The minimum atomic E-state index is -4.84. The van der Waals surface area contributed by atoms with Gasteiger partial charge < -0.3 is 20.1 Å². The van der Waals surface area contributed by atoms with E-state index in [0.29, 0.717) is 19.3 Å². The summed E-state index contributed by atoms with van der Waals surface area (Å²) in [6, 6.07) is 7.26. The third-order valence-electron chi connectivity index (χ3n) is 8.61. The van der Waals surface area contributed by atoms with Gasteiger partial charge in [-0.25, -0.2) is 4.98 Å². The van der Waals surface area contributed by atoms with Crippen molar-refractivity contribution in [1.82, 2.24) is 30.1 Å². The molecule has 0 aromatic carbocycles. The molecule has 10 nitrogen and oxygen atoms in total. The molecule has 2 amide bonds. The van der Waals surface area contributed by atoms with Gasteiger partial charge in [0.05, 0.1) is 22.9 Å². The molecule has 42 heavy (non-hydrogen) atoms. The fourth-order valence-electron chi connectivity index (χ4n) is 6.34. The second-order valence-corrected chi connectivity index (χ2v) is 11.7. The Bertz CT molecular complexity index is 1550. The van der Waals surface area contributed by atoms with Gasteiger partial charge in [0, 0.05) is 69.0 Å². The number of aromatic nitrogens is 3. The number of fused-ring (bicyclic) bond motifs is 1. The van der Waals surface area contributed by atoms with Crippen LogP contribution in [0.15, 0.2) is 41.5 Å². The highest BCUT2D eigenvalue weighted by Crippen LogP contribution is 2.49. The molecule has 3 fully saturated rings. The number of hydrogen-bond donors (Lipinski definition) is 2. The maximum Gasteiger partial charge on any atom is 0.471 e. The van der Waals surface area contributed by atoms with E-state index < -0.39 is 12.1 Å². The van der Waals surface area contributed by atoms with E-state index in [1.165, 1.54) is 0 Å². The van der Waals surface area contributed by atoms with Gasteiger partial charge in [-0.1, -0.05) is 6.92 Å². The lowest BCUT2D eigenvalue weighted by Crippen LogP contribution is -2.68. The van der Waals surface area contributed by atoms with Gasteiger partial charge in [0.25, 0.3) is 11.5 Å². The van der Waals surface area contributed by atoms with Crippen molar-refractivity contribution in [2.24, 2.45) is 5.41 Å². The Kier molecular flexibility index (Phi) is 7.16. The first-order valence-electron chi connectivity index (χ1n) is 14.1. The van der Waals surface area contributed by atoms with E-state index >= 15 is 0 Å². The van der Waals surface area contributed by atoms with Crippen molar-refractivity contribution in [3.63, 3.8) is 0 Å². The van der Waals surface area contributed by atoms with Crippen molar-refractivity contribution in [1.29, 1.82) is 0 Å². The zero-order chi connectivity index (χ0) is 29.6. The van der Waals surface area contributed by atoms with Crippen LogP contribution in [0.4, 0.5) is 18.9 Å². The Morgan fingerprint density at radius 2 is 1.81 bits per heavy atom. The summed E-state index contributed by atoms with van der Waals surface area (Å²) in [7, 11) is 0. The molecule has 6 rings (SSSR count). The number of aromatic amines is 1. The van der Waals surface area contributed by atoms with Crippen molar-refractivity contribution in [2.45, 2.75) is 44.9 Å². The first kappa shape index (κ1) is 28.1. The lowest BCUT2D eigenvalue weighted by molar-refractivity contribution is -0.201. The van der Waals surface area contributed by atoms with E-state index in [-0.39, 0.29) is 41.7 Å². The van der Waals surface area contributed by atoms with E-state index in [1.807, 2.05) is 31.3 Å². The quantitative estimate of drug-likeness (QED) is 0.458. The summed E-state index contributed by atoms with van der Waals surface area (Å²) >= 11 is 0. The smallest absolute Gasteiger partial charge is 0.368 e. The maximum absolute atomic E-state index is 12.7. The second kappa shape index (κ2) is 10.7. The number of amides is 2. The van der Waals surface area contributed by atoms with E-state index in [2.05, 4.69) is 30.1 Å². The number of carbonyl (C=O) groups is 2. The summed E-state index contributed by atoms with van der Waals surface area (Å²) in [6.07, 6.45) is 0.468. The molecular formula is C29H32F3N7O3. The zero-order valence-electron chi connectivity index (χ0n) is 23.2. The van der Waals surface area contributed by atoms with Crippen LogP contribution in [0, 0.1) is 5.41 Å². The summed E-state index contributed by atoms with van der Waals surface area (Å²) in [5.74, 6) is -2.11. The molecule has 2 saturated heterocycles. The van der Waals surface area contributed by atoms with Gasteiger partial charge in [-0.2, -0.15) is 13.2 Å². The van der Waals surface area contributed by atoms with Crippen LogP contribution in [0.5, 0.6) is 0 Å². The number of carbonyl (C=O) groups excluding carboxylic acids is 2. The van der Waals surface area contributed by atoms with Crippen molar-refractivity contribution < 1.29 is 22.8 Å². The zero-order valence-corrected chi connectivity index (χ0v) is 23.2. The molecule has 0 atom stereocenters. The van der Waals surface area contributed by atoms with Gasteiger partial charge >= 0.3 is 12.1 Å². The second-order valence-electron chi connectivity index (χ2n) is 11.7. The molecule has 1 aliphatic carbocycles. The normalized spacial score (nSPS) is 19.0. The number of hydrogen-bond acceptors (Lipinski definition) is 7. The molecule has 5 heterocycles. The number of likely N-dealkylation sites (tertiary alicyclic amines) is 1. The molecular weight excluding hydrogens is 551 g/mol. The number of piperazine rings is 1. The van der Waals surface area contributed by atoms with Crippen LogP contribution in [-0.2, 0) is 17.8 Å². The summed E-state index contributed by atoms with van der Waals surface area (Å²) in [5, 5.41) is 2.91. The number of rotatable bonds is 6. The summed E-state index contributed by atoms with van der Waals surface area (Å²) in [4.78, 5) is 53.4. The average molecular weight is 584 g/mol. The lowest BCUT2D eigenvalue weighted by atomic mass is 9.60. The van der Waals surface area contributed by atoms with E-state index in [1.54, 1.807) is 12.3 Å². The van der Waals surface area contributed by atoms with Gasteiger partial charge in [-0.15, -0.1) is 0 Å².